The van der Waals surface area contributed by atoms with E-state index in [2.05, 4.69) is 26.0 Å². The van der Waals surface area contributed by atoms with Gasteiger partial charge in [-0.1, -0.05) is 6.07 Å². The molecule has 2 aliphatic rings. The summed E-state index contributed by atoms with van der Waals surface area (Å²) in [7, 11) is 0. The molecule has 1 fully saturated rings. The summed E-state index contributed by atoms with van der Waals surface area (Å²) in [5.74, 6) is -1.77. The lowest BCUT2D eigenvalue weighted by molar-refractivity contribution is -0.122. The first-order valence-corrected chi connectivity index (χ1v) is 9.36. The molecule has 3 aromatic rings. The zero-order chi connectivity index (χ0) is 20.8. The molecule has 8 nitrogen and oxygen atoms in total. The summed E-state index contributed by atoms with van der Waals surface area (Å²) in [6.07, 6.45) is 3.76. The highest BCUT2D eigenvalue weighted by Crippen LogP contribution is 2.32. The number of benzene rings is 1. The van der Waals surface area contributed by atoms with Crippen LogP contribution in [0, 0.1) is 11.6 Å². The van der Waals surface area contributed by atoms with Gasteiger partial charge in [-0.2, -0.15) is 5.10 Å². The molecule has 2 amide bonds. The number of hydrogen-bond donors (Lipinski definition) is 3. The third-order valence-electron chi connectivity index (χ3n) is 5.19. The SMILES string of the molecule is O=C1NCc2cc(-c3c(F)cccc3F)nc(Nc3cnn(C4CCNC4=O)c3)c21. The molecule has 152 valence electrons. The molecule has 30 heavy (non-hydrogen) atoms. The fourth-order valence-electron chi connectivity index (χ4n) is 3.76. The molecule has 1 aromatic carbocycles. The standard InChI is InChI=1S/C20H16F2N6O2/c21-12-2-1-3-13(22)17(12)14-6-10-7-24-20(30)16(10)18(27-14)26-11-8-25-28(9-11)15-4-5-23-19(15)29/h1-3,6,8-9,15H,4-5,7H2,(H,23,29)(H,24,30)(H,26,27). The van der Waals surface area contributed by atoms with Crippen LogP contribution < -0.4 is 16.0 Å². The Morgan fingerprint density at radius 1 is 1.13 bits per heavy atom. The van der Waals surface area contributed by atoms with Crippen LogP contribution in [-0.2, 0) is 11.3 Å². The molecule has 4 heterocycles. The minimum Gasteiger partial charge on any atom is -0.354 e. The van der Waals surface area contributed by atoms with E-state index in [9.17, 15) is 18.4 Å². The number of halogens is 2. The number of hydrogen-bond acceptors (Lipinski definition) is 5. The Kier molecular flexibility index (Phi) is 4.19. The minimum atomic E-state index is -0.745. The molecule has 0 aliphatic carbocycles. The average Bonchev–Trinajstić information content (AvgIpc) is 3.42. The van der Waals surface area contributed by atoms with Crippen LogP contribution in [0.2, 0.25) is 0 Å². The molecule has 2 aliphatic heterocycles. The van der Waals surface area contributed by atoms with Gasteiger partial charge in [0.25, 0.3) is 5.91 Å². The number of nitrogens with one attached hydrogen (secondary N) is 3. The summed E-state index contributed by atoms with van der Waals surface area (Å²) in [5.41, 5.74) is 1.20. The lowest BCUT2D eigenvalue weighted by Gasteiger charge is -2.12. The predicted octanol–water partition coefficient (Wildman–Crippen LogP) is 2.27. The number of amides is 2. The van der Waals surface area contributed by atoms with Crippen molar-refractivity contribution in [1.29, 1.82) is 0 Å². The van der Waals surface area contributed by atoms with Crippen molar-refractivity contribution in [2.24, 2.45) is 0 Å². The van der Waals surface area contributed by atoms with E-state index < -0.39 is 17.7 Å². The highest BCUT2D eigenvalue weighted by Gasteiger charge is 2.28. The highest BCUT2D eigenvalue weighted by molar-refractivity contribution is 6.03. The van der Waals surface area contributed by atoms with E-state index >= 15 is 0 Å². The van der Waals surface area contributed by atoms with Crippen molar-refractivity contribution in [3.05, 3.63) is 59.4 Å². The smallest absolute Gasteiger partial charge is 0.255 e. The van der Waals surface area contributed by atoms with Crippen molar-refractivity contribution in [3.8, 4) is 11.3 Å². The summed E-state index contributed by atoms with van der Waals surface area (Å²) >= 11 is 0. The maximum Gasteiger partial charge on any atom is 0.255 e. The molecular formula is C20H16F2N6O2. The van der Waals surface area contributed by atoms with Gasteiger partial charge >= 0.3 is 0 Å². The van der Waals surface area contributed by atoms with Gasteiger partial charge in [0.05, 0.1) is 28.7 Å². The lowest BCUT2D eigenvalue weighted by Crippen LogP contribution is -2.22. The zero-order valence-electron chi connectivity index (χ0n) is 15.6. The third kappa shape index (κ3) is 2.97. The summed E-state index contributed by atoms with van der Waals surface area (Å²) in [4.78, 5) is 28.5. The Bertz CT molecular complexity index is 1170. The molecule has 1 saturated heterocycles. The van der Waals surface area contributed by atoms with Crippen LogP contribution in [0.25, 0.3) is 11.3 Å². The van der Waals surface area contributed by atoms with Crippen molar-refractivity contribution in [2.45, 2.75) is 19.0 Å². The van der Waals surface area contributed by atoms with Crippen molar-refractivity contribution in [1.82, 2.24) is 25.4 Å². The van der Waals surface area contributed by atoms with Gasteiger partial charge in [-0.3, -0.25) is 14.3 Å². The number of anilines is 2. The number of aromatic nitrogens is 3. The average molecular weight is 410 g/mol. The summed E-state index contributed by atoms with van der Waals surface area (Å²) < 4.78 is 30.1. The van der Waals surface area contributed by atoms with Crippen molar-refractivity contribution in [3.63, 3.8) is 0 Å². The number of rotatable bonds is 4. The lowest BCUT2D eigenvalue weighted by atomic mass is 10.0. The molecule has 1 atom stereocenters. The number of pyridine rings is 1. The second-order valence-corrected chi connectivity index (χ2v) is 7.10. The first-order valence-electron chi connectivity index (χ1n) is 9.36. The van der Waals surface area contributed by atoms with Crippen LogP contribution in [0.15, 0.2) is 36.7 Å². The monoisotopic (exact) mass is 410 g/mol. The summed E-state index contributed by atoms with van der Waals surface area (Å²) in [5, 5.41) is 12.7. The van der Waals surface area contributed by atoms with Crippen LogP contribution in [0.4, 0.5) is 20.3 Å². The van der Waals surface area contributed by atoms with Gasteiger partial charge in [-0.25, -0.2) is 13.8 Å². The van der Waals surface area contributed by atoms with E-state index in [1.54, 1.807) is 6.20 Å². The van der Waals surface area contributed by atoms with E-state index in [4.69, 9.17) is 0 Å². The van der Waals surface area contributed by atoms with Crippen LogP contribution in [-0.4, -0.2) is 33.1 Å². The van der Waals surface area contributed by atoms with E-state index in [0.29, 0.717) is 29.8 Å². The van der Waals surface area contributed by atoms with Gasteiger partial charge in [-0.05, 0) is 30.2 Å². The maximum atomic E-state index is 14.3. The van der Waals surface area contributed by atoms with Gasteiger partial charge in [-0.15, -0.1) is 0 Å². The number of fused-ring (bicyclic) bond motifs is 1. The summed E-state index contributed by atoms with van der Waals surface area (Å²) in [6, 6.07) is 4.69. The topological polar surface area (TPSA) is 101 Å². The molecule has 2 aromatic heterocycles. The van der Waals surface area contributed by atoms with Crippen LogP contribution in [0.5, 0.6) is 0 Å². The van der Waals surface area contributed by atoms with Gasteiger partial charge < -0.3 is 16.0 Å². The fraction of sp³-hybridized carbons (Fsp3) is 0.200. The largest absolute Gasteiger partial charge is 0.354 e. The molecule has 10 heteroatoms. The van der Waals surface area contributed by atoms with Gasteiger partial charge in [0, 0.05) is 19.3 Å². The van der Waals surface area contributed by atoms with E-state index in [-0.39, 0.29) is 35.4 Å². The normalized spacial score (nSPS) is 17.6. The van der Waals surface area contributed by atoms with E-state index in [1.807, 2.05) is 0 Å². The molecule has 3 N–H and O–H groups in total. The molecule has 1 unspecified atom stereocenters. The maximum absolute atomic E-state index is 14.3. The quantitative estimate of drug-likeness (QED) is 0.613. The van der Waals surface area contributed by atoms with Gasteiger partial charge in [0.2, 0.25) is 5.91 Å². The second kappa shape index (κ2) is 6.90. The Balaban J connectivity index is 1.55. The Morgan fingerprint density at radius 2 is 1.93 bits per heavy atom. The number of carbonyl (C=O) groups is 2. The van der Waals surface area contributed by atoms with Crippen LogP contribution in [0.3, 0.4) is 0 Å². The predicted molar refractivity (Wildman–Crippen MR) is 103 cm³/mol. The first-order chi connectivity index (χ1) is 14.5. The molecule has 0 saturated carbocycles. The third-order valence-corrected chi connectivity index (χ3v) is 5.19. The van der Waals surface area contributed by atoms with Crippen molar-refractivity contribution >= 4 is 23.3 Å². The Labute approximate surface area is 169 Å². The Morgan fingerprint density at radius 3 is 2.67 bits per heavy atom. The number of nitrogens with zero attached hydrogens (tertiary/aromatic N) is 3. The first kappa shape index (κ1) is 18.2. The van der Waals surface area contributed by atoms with E-state index in [1.165, 1.54) is 23.0 Å². The van der Waals surface area contributed by atoms with Crippen molar-refractivity contribution in [2.75, 3.05) is 11.9 Å². The van der Waals surface area contributed by atoms with Crippen LogP contribution in [0.1, 0.15) is 28.4 Å². The number of carbonyl (C=O) groups excluding carboxylic acids is 2. The molecule has 0 bridgehead atoms. The molecule has 0 radical (unpaired) electrons. The second-order valence-electron chi connectivity index (χ2n) is 7.10. The molecule has 5 rings (SSSR count). The minimum absolute atomic E-state index is 0.0749. The van der Waals surface area contributed by atoms with Gasteiger partial charge in [0.1, 0.15) is 23.5 Å². The summed E-state index contributed by atoms with van der Waals surface area (Å²) in [6.45, 7) is 0.813. The van der Waals surface area contributed by atoms with Crippen molar-refractivity contribution < 1.29 is 18.4 Å². The van der Waals surface area contributed by atoms with Crippen LogP contribution >= 0.6 is 0 Å². The Hall–Kier alpha value is -3.82. The zero-order valence-corrected chi connectivity index (χ0v) is 15.6. The molecular weight excluding hydrogens is 394 g/mol. The van der Waals surface area contributed by atoms with Gasteiger partial charge in [0.15, 0.2) is 0 Å². The molecule has 0 spiro atoms. The highest BCUT2D eigenvalue weighted by atomic mass is 19.1. The fourth-order valence-corrected chi connectivity index (χ4v) is 3.76. The van der Waals surface area contributed by atoms with E-state index in [0.717, 1.165) is 12.1 Å².